The smallest absolute Gasteiger partial charge is 0.164 e. The maximum absolute atomic E-state index is 9.58. The maximum Gasteiger partial charge on any atom is 0.164 e. The Kier molecular flexibility index (Phi) is 4.91. The van der Waals surface area contributed by atoms with Gasteiger partial charge in [0.2, 0.25) is 0 Å². The summed E-state index contributed by atoms with van der Waals surface area (Å²) in [4.78, 5) is 14.6. The zero-order valence-electron chi connectivity index (χ0n) is 32.5. The van der Waals surface area contributed by atoms with Crippen LogP contribution in [0.1, 0.15) is 8.22 Å². The summed E-state index contributed by atoms with van der Waals surface area (Å²) in [5, 5.41) is 3.88. The van der Waals surface area contributed by atoms with Crippen LogP contribution in [0.2, 0.25) is 0 Å². The van der Waals surface area contributed by atoms with Crippen molar-refractivity contribution in [1.29, 1.82) is 0 Å². The van der Waals surface area contributed by atoms with Gasteiger partial charge in [0.1, 0.15) is 22.3 Å². The number of nitrogens with zero attached hydrogens (tertiary/aromatic N) is 3. The van der Waals surface area contributed by atoms with Gasteiger partial charge in [-0.1, -0.05) is 109 Å². The quantitative estimate of drug-likeness (QED) is 0.185. The van der Waals surface area contributed by atoms with E-state index in [9.17, 15) is 4.11 Å². The lowest BCUT2D eigenvalue weighted by atomic mass is 10.00. The van der Waals surface area contributed by atoms with Gasteiger partial charge in [-0.25, -0.2) is 15.0 Å². The molecule has 11 rings (SSSR count). The molecule has 0 saturated carbocycles. The molecule has 0 amide bonds. The number of furan rings is 2. The maximum atomic E-state index is 9.58. The van der Waals surface area contributed by atoms with Crippen LogP contribution in [0.4, 0.5) is 0 Å². The molecule has 0 aliphatic carbocycles. The van der Waals surface area contributed by atoms with Gasteiger partial charge in [0.15, 0.2) is 17.5 Å². The second-order valence-electron chi connectivity index (χ2n) is 12.3. The summed E-state index contributed by atoms with van der Waals surface area (Å²) in [6.45, 7) is 0. The van der Waals surface area contributed by atoms with Crippen LogP contribution in [0.25, 0.3) is 109 Å². The Labute approximate surface area is 303 Å². The lowest BCUT2D eigenvalue weighted by Gasteiger charge is -2.09. The number of fused-ring (bicyclic) bond motifs is 9. The number of hydrogen-bond donors (Lipinski definition) is 0. The zero-order valence-corrected chi connectivity index (χ0v) is 27.4. The number of hydrogen-bond acceptors (Lipinski definition) is 6. The van der Waals surface area contributed by atoms with E-state index in [0.717, 1.165) is 30.9 Å². The molecule has 0 spiro atoms. The van der Waals surface area contributed by atoms with E-state index >= 15 is 0 Å². The van der Waals surface area contributed by atoms with E-state index in [2.05, 4.69) is 6.07 Å². The Balaban J connectivity index is 1.19. The molecule has 0 N–H and O–H groups in total. The van der Waals surface area contributed by atoms with Crippen molar-refractivity contribution in [2.24, 2.45) is 0 Å². The molecular formula is C45H25N3O2S. The molecule has 0 aliphatic heterocycles. The summed E-state index contributed by atoms with van der Waals surface area (Å²) >= 11 is 1.66. The van der Waals surface area contributed by atoms with Crippen molar-refractivity contribution < 1.29 is 17.1 Å². The Hall–Kier alpha value is -6.63. The van der Waals surface area contributed by atoms with E-state index in [1.54, 1.807) is 11.3 Å². The Morgan fingerprint density at radius 3 is 2.16 bits per heavy atom. The fraction of sp³-hybridized carbons (Fsp3) is 0. The van der Waals surface area contributed by atoms with Gasteiger partial charge in [0.25, 0.3) is 0 Å². The normalized spacial score (nSPS) is 13.6. The Morgan fingerprint density at radius 1 is 0.471 bits per heavy atom. The number of aromatic nitrogens is 3. The third-order valence-electron chi connectivity index (χ3n) is 9.26. The van der Waals surface area contributed by atoms with Gasteiger partial charge >= 0.3 is 0 Å². The summed E-state index contributed by atoms with van der Waals surface area (Å²) in [7, 11) is 0. The van der Waals surface area contributed by atoms with Crippen molar-refractivity contribution in [3.8, 4) is 45.3 Å². The highest BCUT2D eigenvalue weighted by Gasteiger charge is 2.19. The number of thiophene rings is 1. The van der Waals surface area contributed by atoms with Gasteiger partial charge < -0.3 is 8.83 Å². The van der Waals surface area contributed by atoms with Crippen LogP contribution in [0.15, 0.2) is 160 Å². The molecule has 5 nitrogen and oxygen atoms in total. The SMILES string of the molecule is [2H]c1c([2H])c([2H])c2c(oc3c([2H])c(-c4nc(-c5ccccc5)nc(-c5cccc6oc7ccccc7c56)n4)c([2H])c([2H])c32)c1-c1ccc2sc3ccccc3c2c1. The second kappa shape index (κ2) is 10.9. The molecule has 0 fully saturated rings. The molecule has 4 aromatic heterocycles. The third kappa shape index (κ3) is 4.43. The lowest BCUT2D eigenvalue weighted by Crippen LogP contribution is -2.00. The van der Waals surface area contributed by atoms with Gasteiger partial charge in [0, 0.05) is 64.0 Å². The van der Waals surface area contributed by atoms with Gasteiger partial charge in [-0.05, 0) is 48.0 Å². The van der Waals surface area contributed by atoms with Crippen molar-refractivity contribution in [1.82, 2.24) is 15.0 Å². The van der Waals surface area contributed by atoms with E-state index in [-0.39, 0.29) is 81.0 Å². The molecule has 238 valence electrons. The van der Waals surface area contributed by atoms with E-state index in [1.165, 1.54) is 0 Å². The summed E-state index contributed by atoms with van der Waals surface area (Å²) in [6, 6.07) is 34.8. The molecule has 0 unspecified atom stereocenters. The van der Waals surface area contributed by atoms with Crippen LogP contribution in [0, 0.1) is 0 Å². The van der Waals surface area contributed by atoms with Crippen molar-refractivity contribution in [3.63, 3.8) is 0 Å². The summed E-state index contributed by atoms with van der Waals surface area (Å²) in [5.74, 6) is 0.592. The minimum Gasteiger partial charge on any atom is -0.456 e. The van der Waals surface area contributed by atoms with Gasteiger partial charge in [-0.2, -0.15) is 0 Å². The van der Waals surface area contributed by atoms with Gasteiger partial charge in [0.05, 0.1) is 8.22 Å². The highest BCUT2D eigenvalue weighted by Crippen LogP contribution is 2.41. The Bertz CT molecular complexity index is 3510. The molecule has 6 heteroatoms. The van der Waals surface area contributed by atoms with Crippen LogP contribution in [0.3, 0.4) is 0 Å². The average Bonchev–Trinajstić information content (AvgIpc) is 3.94. The van der Waals surface area contributed by atoms with Crippen LogP contribution in [-0.2, 0) is 0 Å². The van der Waals surface area contributed by atoms with Crippen molar-refractivity contribution in [3.05, 3.63) is 152 Å². The topological polar surface area (TPSA) is 65.0 Å². The van der Waals surface area contributed by atoms with E-state index in [1.807, 2.05) is 109 Å². The summed E-state index contributed by atoms with van der Waals surface area (Å²) in [5.41, 5.74) is 3.58. The van der Waals surface area contributed by atoms with Crippen molar-refractivity contribution >= 4 is 75.4 Å². The highest BCUT2D eigenvalue weighted by molar-refractivity contribution is 7.25. The summed E-state index contributed by atoms with van der Waals surface area (Å²) in [6.07, 6.45) is 0. The minimum absolute atomic E-state index is 0.00187. The predicted molar refractivity (Wildman–Crippen MR) is 209 cm³/mol. The molecular weight excluding hydrogens is 647 g/mol. The molecule has 0 bridgehead atoms. The van der Waals surface area contributed by atoms with Gasteiger partial charge in [-0.3, -0.25) is 0 Å². The van der Waals surface area contributed by atoms with Crippen molar-refractivity contribution in [2.45, 2.75) is 0 Å². The molecule has 7 aromatic carbocycles. The predicted octanol–water partition coefficient (Wildman–Crippen LogP) is 12.7. The fourth-order valence-corrected chi connectivity index (χ4v) is 7.99. The number of benzene rings is 7. The first-order valence-electron chi connectivity index (χ1n) is 19.4. The molecule has 51 heavy (non-hydrogen) atoms. The lowest BCUT2D eigenvalue weighted by molar-refractivity contribution is 0.669. The molecule has 0 saturated heterocycles. The average molecular weight is 678 g/mol. The minimum atomic E-state index is -0.341. The second-order valence-corrected chi connectivity index (χ2v) is 13.4. The first kappa shape index (κ1) is 22.9. The standard InChI is InChI=1S/C45H25N3O2S/c1-2-10-26(11-3-1)43-46-44(48-45(47-43)34-16-9-18-37-41(34)33-13-4-6-17-36(33)49-37)28-20-22-30-32-15-8-14-29(42(32)50-38(30)25-28)27-21-23-40-35(24-27)31-12-5-7-19-39(31)51-40/h1-25H/i8D,14D,15D,20D,22D,25D. The first-order valence-corrected chi connectivity index (χ1v) is 17.2. The monoisotopic (exact) mass is 677 g/mol. The number of para-hydroxylation sites is 2. The molecule has 0 atom stereocenters. The molecule has 0 aliphatic rings. The Morgan fingerprint density at radius 2 is 1.24 bits per heavy atom. The molecule has 4 heterocycles. The van der Waals surface area contributed by atoms with E-state index in [0.29, 0.717) is 33.7 Å². The van der Waals surface area contributed by atoms with Crippen molar-refractivity contribution in [2.75, 3.05) is 0 Å². The third-order valence-corrected chi connectivity index (χ3v) is 10.4. The first-order chi connectivity index (χ1) is 27.8. The largest absolute Gasteiger partial charge is 0.456 e. The van der Waals surface area contributed by atoms with E-state index in [4.69, 9.17) is 27.9 Å². The molecule has 11 aromatic rings. The van der Waals surface area contributed by atoms with E-state index < -0.39 is 0 Å². The number of rotatable bonds is 4. The molecule has 0 radical (unpaired) electrons. The van der Waals surface area contributed by atoms with Crippen LogP contribution >= 0.6 is 11.3 Å². The fourth-order valence-electron chi connectivity index (χ4n) is 6.90. The summed E-state index contributed by atoms with van der Waals surface area (Å²) < 4.78 is 70.1. The van der Waals surface area contributed by atoms with Crippen LogP contribution in [0.5, 0.6) is 0 Å². The van der Waals surface area contributed by atoms with Crippen LogP contribution in [-0.4, -0.2) is 15.0 Å². The van der Waals surface area contributed by atoms with Gasteiger partial charge in [-0.15, -0.1) is 11.3 Å². The zero-order chi connectivity index (χ0) is 38.7. The highest BCUT2D eigenvalue weighted by atomic mass is 32.1. The van der Waals surface area contributed by atoms with Crippen LogP contribution < -0.4 is 0 Å².